The molecular weight excluding hydrogens is 240 g/mol. The molecule has 1 aromatic carbocycles. The molecule has 1 heterocycles. The van der Waals surface area contributed by atoms with Gasteiger partial charge in [0.1, 0.15) is 0 Å². The topological polar surface area (TPSA) is 44.0 Å². The number of aryl methyl sites for hydroxylation is 1. The highest BCUT2D eigenvalue weighted by molar-refractivity contribution is 5.34. The highest BCUT2D eigenvalue weighted by atomic mass is 16.2. The van der Waals surface area contributed by atoms with Gasteiger partial charge in [-0.15, -0.1) is 0 Å². The lowest BCUT2D eigenvalue weighted by atomic mass is 10.2. The zero-order chi connectivity index (χ0) is 14.0. The van der Waals surface area contributed by atoms with Crippen LogP contribution < -0.4 is 11.1 Å². The Kier molecular flexibility index (Phi) is 3.51. The average molecular weight is 256 g/mol. The Bertz CT molecular complexity index is 721. The van der Waals surface area contributed by atoms with Crippen molar-refractivity contribution in [1.82, 2.24) is 9.13 Å². The summed E-state index contributed by atoms with van der Waals surface area (Å²) in [6, 6.07) is 7.45. The molecule has 98 valence electrons. The van der Waals surface area contributed by atoms with Gasteiger partial charge in [0, 0.05) is 24.6 Å². The fourth-order valence-corrected chi connectivity index (χ4v) is 1.83. The second-order valence-electron chi connectivity index (χ2n) is 4.70. The number of aromatic nitrogens is 2. The SMILES string of the molecule is C=C(C)Cn1ccn(-c2ccc(C)cc2)c(=O)c1=O. The van der Waals surface area contributed by atoms with Crippen molar-refractivity contribution in [2.75, 3.05) is 0 Å². The van der Waals surface area contributed by atoms with E-state index in [1.165, 1.54) is 9.13 Å². The van der Waals surface area contributed by atoms with Crippen LogP contribution in [0.5, 0.6) is 0 Å². The molecule has 4 heteroatoms. The number of rotatable bonds is 3. The summed E-state index contributed by atoms with van der Waals surface area (Å²) in [4.78, 5) is 24.0. The smallest absolute Gasteiger partial charge is 0.305 e. The number of allylic oxidation sites excluding steroid dienone is 1. The van der Waals surface area contributed by atoms with Crippen LogP contribution >= 0.6 is 0 Å². The molecule has 0 aliphatic heterocycles. The molecule has 0 radical (unpaired) electrons. The molecular formula is C15H16N2O2. The third-order valence-corrected chi connectivity index (χ3v) is 2.81. The molecule has 0 aliphatic rings. The largest absolute Gasteiger partial charge is 0.320 e. The van der Waals surface area contributed by atoms with Crippen LogP contribution in [0.25, 0.3) is 5.69 Å². The molecule has 2 aromatic rings. The van der Waals surface area contributed by atoms with E-state index >= 15 is 0 Å². The van der Waals surface area contributed by atoms with Crippen molar-refractivity contribution in [2.45, 2.75) is 20.4 Å². The molecule has 0 atom stereocenters. The van der Waals surface area contributed by atoms with Crippen molar-refractivity contribution < 1.29 is 0 Å². The lowest BCUT2D eigenvalue weighted by Gasteiger charge is -2.09. The monoisotopic (exact) mass is 256 g/mol. The maximum absolute atomic E-state index is 12.1. The molecule has 0 amide bonds. The van der Waals surface area contributed by atoms with E-state index in [2.05, 4.69) is 6.58 Å². The van der Waals surface area contributed by atoms with E-state index in [0.29, 0.717) is 12.2 Å². The van der Waals surface area contributed by atoms with E-state index < -0.39 is 11.1 Å². The Balaban J connectivity index is 2.53. The van der Waals surface area contributed by atoms with Gasteiger partial charge in [-0.05, 0) is 26.0 Å². The predicted molar refractivity (Wildman–Crippen MR) is 75.9 cm³/mol. The van der Waals surface area contributed by atoms with E-state index in [9.17, 15) is 9.59 Å². The third kappa shape index (κ3) is 2.73. The molecule has 1 aromatic heterocycles. The van der Waals surface area contributed by atoms with Crippen LogP contribution in [-0.2, 0) is 6.54 Å². The van der Waals surface area contributed by atoms with Crippen molar-refractivity contribution in [3.05, 3.63) is 75.1 Å². The fraction of sp³-hybridized carbons (Fsp3) is 0.200. The molecule has 4 nitrogen and oxygen atoms in total. The van der Waals surface area contributed by atoms with Crippen LogP contribution in [0.3, 0.4) is 0 Å². The standard InChI is InChI=1S/C15H16N2O2/c1-11(2)10-16-8-9-17(15(19)14(16)18)13-6-4-12(3)5-7-13/h4-9H,1,10H2,2-3H3. The quantitative estimate of drug-likeness (QED) is 0.621. The number of hydrogen-bond donors (Lipinski definition) is 0. The van der Waals surface area contributed by atoms with Crippen LogP contribution in [0.2, 0.25) is 0 Å². The minimum Gasteiger partial charge on any atom is -0.305 e. The Morgan fingerprint density at radius 1 is 1.11 bits per heavy atom. The third-order valence-electron chi connectivity index (χ3n) is 2.81. The summed E-state index contributed by atoms with van der Waals surface area (Å²) < 4.78 is 2.73. The zero-order valence-electron chi connectivity index (χ0n) is 11.1. The van der Waals surface area contributed by atoms with Gasteiger partial charge in [-0.1, -0.05) is 29.8 Å². The Morgan fingerprint density at radius 3 is 2.32 bits per heavy atom. The first-order valence-electron chi connectivity index (χ1n) is 6.02. The van der Waals surface area contributed by atoms with Gasteiger partial charge in [0.2, 0.25) is 0 Å². The summed E-state index contributed by atoms with van der Waals surface area (Å²) in [5.41, 5.74) is 1.54. The lowest BCUT2D eigenvalue weighted by molar-refractivity contribution is 0.710. The summed E-state index contributed by atoms with van der Waals surface area (Å²) in [6.07, 6.45) is 3.22. The summed E-state index contributed by atoms with van der Waals surface area (Å²) >= 11 is 0. The van der Waals surface area contributed by atoms with Crippen molar-refractivity contribution >= 4 is 0 Å². The lowest BCUT2D eigenvalue weighted by Crippen LogP contribution is -2.40. The van der Waals surface area contributed by atoms with Gasteiger partial charge in [-0.25, -0.2) is 0 Å². The zero-order valence-corrected chi connectivity index (χ0v) is 11.1. The van der Waals surface area contributed by atoms with Crippen LogP contribution in [0, 0.1) is 6.92 Å². The Labute approximate surface area is 111 Å². The maximum atomic E-state index is 12.1. The highest BCUT2D eigenvalue weighted by Gasteiger charge is 2.06. The maximum Gasteiger partial charge on any atom is 0.320 e. The molecule has 0 spiro atoms. The van der Waals surface area contributed by atoms with Gasteiger partial charge in [-0.2, -0.15) is 0 Å². The van der Waals surface area contributed by atoms with E-state index in [-0.39, 0.29) is 0 Å². The molecule has 0 saturated heterocycles. The second kappa shape index (κ2) is 5.10. The summed E-state index contributed by atoms with van der Waals surface area (Å²) in [5, 5.41) is 0. The predicted octanol–water partition coefficient (Wildman–Crippen LogP) is 1.88. The first-order chi connectivity index (χ1) is 8.99. The summed E-state index contributed by atoms with van der Waals surface area (Å²) in [7, 11) is 0. The molecule has 0 unspecified atom stereocenters. The van der Waals surface area contributed by atoms with Crippen molar-refractivity contribution in [1.29, 1.82) is 0 Å². The highest BCUT2D eigenvalue weighted by Crippen LogP contribution is 2.06. The van der Waals surface area contributed by atoms with E-state index in [0.717, 1.165) is 11.1 Å². The van der Waals surface area contributed by atoms with Gasteiger partial charge >= 0.3 is 11.1 Å². The Morgan fingerprint density at radius 2 is 1.74 bits per heavy atom. The van der Waals surface area contributed by atoms with Crippen LogP contribution in [-0.4, -0.2) is 9.13 Å². The minimum absolute atomic E-state index is 0.364. The van der Waals surface area contributed by atoms with Gasteiger partial charge in [0.15, 0.2) is 0 Å². The van der Waals surface area contributed by atoms with Gasteiger partial charge in [-0.3, -0.25) is 14.2 Å². The van der Waals surface area contributed by atoms with E-state index in [4.69, 9.17) is 0 Å². The Hall–Kier alpha value is -2.36. The first-order valence-corrected chi connectivity index (χ1v) is 6.02. The van der Waals surface area contributed by atoms with Crippen LogP contribution in [0.15, 0.2) is 58.4 Å². The first kappa shape index (κ1) is 13.1. The van der Waals surface area contributed by atoms with E-state index in [1.807, 2.05) is 38.1 Å². The molecule has 0 saturated carbocycles. The van der Waals surface area contributed by atoms with Crippen molar-refractivity contribution in [3.8, 4) is 5.69 Å². The van der Waals surface area contributed by atoms with Crippen LogP contribution in [0.1, 0.15) is 12.5 Å². The van der Waals surface area contributed by atoms with E-state index in [1.54, 1.807) is 12.4 Å². The van der Waals surface area contributed by atoms with Gasteiger partial charge in [0.25, 0.3) is 0 Å². The van der Waals surface area contributed by atoms with Crippen LogP contribution in [0.4, 0.5) is 0 Å². The van der Waals surface area contributed by atoms with Crippen molar-refractivity contribution in [2.24, 2.45) is 0 Å². The molecule has 2 rings (SSSR count). The molecule has 0 N–H and O–H groups in total. The van der Waals surface area contributed by atoms with Gasteiger partial charge < -0.3 is 4.57 Å². The summed E-state index contributed by atoms with van der Waals surface area (Å²) in [5.74, 6) is 0. The second-order valence-corrected chi connectivity index (χ2v) is 4.70. The number of hydrogen-bond acceptors (Lipinski definition) is 2. The number of benzene rings is 1. The molecule has 0 bridgehead atoms. The summed E-state index contributed by atoms with van der Waals surface area (Å²) in [6.45, 7) is 7.89. The average Bonchev–Trinajstić information content (AvgIpc) is 2.36. The van der Waals surface area contributed by atoms with Crippen molar-refractivity contribution in [3.63, 3.8) is 0 Å². The van der Waals surface area contributed by atoms with Gasteiger partial charge in [0.05, 0.1) is 0 Å². The minimum atomic E-state index is -0.549. The molecule has 19 heavy (non-hydrogen) atoms. The normalized spacial score (nSPS) is 10.4. The fourth-order valence-electron chi connectivity index (χ4n) is 1.83. The molecule has 0 fully saturated rings. The number of nitrogens with zero attached hydrogens (tertiary/aromatic N) is 2. The molecule has 0 aliphatic carbocycles.